The van der Waals surface area contributed by atoms with Gasteiger partial charge in [0.15, 0.2) is 0 Å². The molecule has 0 aliphatic rings. The van der Waals surface area contributed by atoms with Gasteiger partial charge in [0.05, 0.1) is 11.4 Å². The van der Waals surface area contributed by atoms with Gasteiger partial charge in [0, 0.05) is 13.6 Å². The van der Waals surface area contributed by atoms with E-state index in [0.29, 0.717) is 11.8 Å². The monoisotopic (exact) mass is 210 g/mol. The van der Waals surface area contributed by atoms with E-state index in [1.165, 1.54) is 0 Å². The summed E-state index contributed by atoms with van der Waals surface area (Å²) in [6, 6.07) is 0. The van der Waals surface area contributed by atoms with Crippen LogP contribution in [-0.2, 0) is 7.05 Å². The highest BCUT2D eigenvalue weighted by Crippen LogP contribution is 2.27. The Bertz CT molecular complexity index is 326. The van der Waals surface area contributed by atoms with Gasteiger partial charge in [-0.3, -0.25) is 4.68 Å². The van der Waals surface area contributed by atoms with Crippen LogP contribution in [0.3, 0.4) is 0 Å². The molecule has 1 aromatic rings. The third-order valence-corrected chi connectivity index (χ3v) is 2.34. The third kappa shape index (κ3) is 2.64. The Morgan fingerprint density at radius 2 is 1.93 bits per heavy atom. The summed E-state index contributed by atoms with van der Waals surface area (Å²) in [5, 5.41) is 7.75. The highest BCUT2D eigenvalue weighted by Gasteiger charge is 2.15. The Balaban J connectivity index is 2.88. The average molecular weight is 210 g/mol. The van der Waals surface area contributed by atoms with Crippen LogP contribution >= 0.6 is 0 Å². The Kier molecular flexibility index (Phi) is 3.61. The van der Waals surface area contributed by atoms with Gasteiger partial charge in [0.2, 0.25) is 0 Å². The Hall–Kier alpha value is -1.19. The molecule has 0 saturated heterocycles. The number of aromatic nitrogens is 2. The van der Waals surface area contributed by atoms with Crippen LogP contribution in [-0.4, -0.2) is 16.3 Å². The lowest BCUT2D eigenvalue weighted by Gasteiger charge is -2.09. The van der Waals surface area contributed by atoms with Crippen LogP contribution in [0.2, 0.25) is 0 Å². The van der Waals surface area contributed by atoms with Crippen molar-refractivity contribution in [3.05, 3.63) is 5.69 Å². The first-order valence-electron chi connectivity index (χ1n) is 5.49. The highest BCUT2D eigenvalue weighted by molar-refractivity contribution is 5.65. The average Bonchev–Trinajstić information content (AvgIpc) is 2.39. The van der Waals surface area contributed by atoms with Crippen molar-refractivity contribution in [3.8, 4) is 0 Å². The van der Waals surface area contributed by atoms with Crippen molar-refractivity contribution in [2.24, 2.45) is 13.0 Å². The SMILES string of the molecule is CC(C)CNc1c(N)c(C(C)C)nn1C. The van der Waals surface area contributed by atoms with E-state index in [-0.39, 0.29) is 0 Å². The lowest BCUT2D eigenvalue weighted by molar-refractivity contribution is 0.671. The molecule has 0 fully saturated rings. The molecule has 0 bridgehead atoms. The number of aryl methyl sites for hydroxylation is 1. The smallest absolute Gasteiger partial charge is 0.147 e. The molecule has 1 heterocycles. The Labute approximate surface area is 91.8 Å². The number of hydrogen-bond acceptors (Lipinski definition) is 3. The number of hydrogen-bond donors (Lipinski definition) is 2. The van der Waals surface area contributed by atoms with Gasteiger partial charge in [-0.2, -0.15) is 5.10 Å². The van der Waals surface area contributed by atoms with E-state index in [4.69, 9.17) is 5.73 Å². The molecule has 1 rings (SSSR count). The summed E-state index contributed by atoms with van der Waals surface area (Å²) in [5.74, 6) is 1.90. The lowest BCUT2D eigenvalue weighted by Crippen LogP contribution is -2.12. The molecule has 1 aromatic heterocycles. The summed E-state index contributed by atoms with van der Waals surface area (Å²) in [6.45, 7) is 9.46. The van der Waals surface area contributed by atoms with Crippen molar-refractivity contribution in [2.45, 2.75) is 33.6 Å². The topological polar surface area (TPSA) is 55.9 Å². The van der Waals surface area contributed by atoms with Gasteiger partial charge in [-0.15, -0.1) is 0 Å². The summed E-state index contributed by atoms with van der Waals surface area (Å²) in [4.78, 5) is 0. The van der Waals surface area contributed by atoms with Crippen LogP contribution in [0.15, 0.2) is 0 Å². The molecule has 3 N–H and O–H groups in total. The van der Waals surface area contributed by atoms with Crippen LogP contribution < -0.4 is 11.1 Å². The maximum atomic E-state index is 6.05. The van der Waals surface area contributed by atoms with Crippen LogP contribution in [0.1, 0.15) is 39.3 Å². The van der Waals surface area contributed by atoms with Crippen LogP contribution in [0.4, 0.5) is 11.5 Å². The summed E-state index contributed by atoms with van der Waals surface area (Å²) >= 11 is 0. The van der Waals surface area contributed by atoms with E-state index in [1.54, 1.807) is 0 Å². The minimum Gasteiger partial charge on any atom is -0.394 e. The van der Waals surface area contributed by atoms with Gasteiger partial charge in [0.25, 0.3) is 0 Å². The quantitative estimate of drug-likeness (QED) is 0.801. The molecular formula is C11H22N4. The van der Waals surface area contributed by atoms with E-state index < -0.39 is 0 Å². The molecule has 15 heavy (non-hydrogen) atoms. The standard InChI is InChI=1S/C11H22N4/c1-7(2)6-13-11-9(12)10(8(3)4)14-15(11)5/h7-8,13H,6,12H2,1-5H3. The number of nitrogen functional groups attached to an aromatic ring is 1. The number of rotatable bonds is 4. The van der Waals surface area contributed by atoms with E-state index in [1.807, 2.05) is 11.7 Å². The fourth-order valence-electron chi connectivity index (χ4n) is 1.50. The van der Waals surface area contributed by atoms with Gasteiger partial charge in [-0.25, -0.2) is 0 Å². The first-order valence-corrected chi connectivity index (χ1v) is 5.49. The summed E-state index contributed by atoms with van der Waals surface area (Å²) < 4.78 is 1.83. The Morgan fingerprint density at radius 1 is 1.33 bits per heavy atom. The van der Waals surface area contributed by atoms with Crippen molar-refractivity contribution >= 4 is 11.5 Å². The van der Waals surface area contributed by atoms with E-state index in [9.17, 15) is 0 Å². The van der Waals surface area contributed by atoms with Gasteiger partial charge >= 0.3 is 0 Å². The Morgan fingerprint density at radius 3 is 2.33 bits per heavy atom. The molecule has 86 valence electrons. The molecule has 0 amide bonds. The summed E-state index contributed by atoms with van der Waals surface area (Å²) in [5.41, 5.74) is 7.81. The fourth-order valence-corrected chi connectivity index (χ4v) is 1.50. The second kappa shape index (κ2) is 4.55. The van der Waals surface area contributed by atoms with Gasteiger partial charge in [-0.05, 0) is 11.8 Å². The molecule has 4 heteroatoms. The van der Waals surface area contributed by atoms with Crippen molar-refractivity contribution in [2.75, 3.05) is 17.6 Å². The zero-order valence-corrected chi connectivity index (χ0v) is 10.3. The van der Waals surface area contributed by atoms with Crippen molar-refractivity contribution < 1.29 is 0 Å². The molecule has 0 aromatic carbocycles. The fraction of sp³-hybridized carbons (Fsp3) is 0.727. The van der Waals surface area contributed by atoms with Crippen LogP contribution in [0.5, 0.6) is 0 Å². The van der Waals surface area contributed by atoms with Gasteiger partial charge in [0.1, 0.15) is 5.82 Å². The number of nitrogens with zero attached hydrogens (tertiary/aromatic N) is 2. The highest BCUT2D eigenvalue weighted by atomic mass is 15.3. The first-order chi connectivity index (χ1) is 6.93. The minimum atomic E-state index is 0.366. The van der Waals surface area contributed by atoms with Crippen LogP contribution in [0.25, 0.3) is 0 Å². The molecule has 0 atom stereocenters. The molecule has 4 nitrogen and oxygen atoms in total. The summed E-state index contributed by atoms with van der Waals surface area (Å²) in [7, 11) is 1.92. The first kappa shape index (κ1) is 11.9. The predicted molar refractivity (Wildman–Crippen MR) is 65.0 cm³/mol. The van der Waals surface area contributed by atoms with E-state index >= 15 is 0 Å². The maximum Gasteiger partial charge on any atom is 0.147 e. The van der Waals surface area contributed by atoms with E-state index in [2.05, 4.69) is 38.1 Å². The number of nitrogens with one attached hydrogen (secondary N) is 1. The predicted octanol–water partition coefficient (Wildman–Crippen LogP) is 2.19. The van der Waals surface area contributed by atoms with Crippen molar-refractivity contribution in [1.29, 1.82) is 0 Å². The second-order valence-corrected chi connectivity index (χ2v) is 4.70. The van der Waals surface area contributed by atoms with Crippen molar-refractivity contribution in [1.82, 2.24) is 9.78 Å². The molecule has 0 saturated carbocycles. The molecule has 0 unspecified atom stereocenters. The van der Waals surface area contributed by atoms with Crippen molar-refractivity contribution in [3.63, 3.8) is 0 Å². The van der Waals surface area contributed by atoms with E-state index in [0.717, 1.165) is 23.7 Å². The summed E-state index contributed by atoms with van der Waals surface area (Å²) in [6.07, 6.45) is 0. The zero-order valence-electron chi connectivity index (χ0n) is 10.3. The zero-order chi connectivity index (χ0) is 11.6. The second-order valence-electron chi connectivity index (χ2n) is 4.70. The maximum absolute atomic E-state index is 6.05. The third-order valence-electron chi connectivity index (χ3n) is 2.34. The molecular weight excluding hydrogens is 188 g/mol. The number of anilines is 2. The number of nitrogens with two attached hydrogens (primary N) is 1. The van der Waals surface area contributed by atoms with Gasteiger partial charge in [-0.1, -0.05) is 27.7 Å². The molecule has 0 aliphatic heterocycles. The molecule has 0 aliphatic carbocycles. The molecule has 0 spiro atoms. The lowest BCUT2D eigenvalue weighted by atomic mass is 10.1. The van der Waals surface area contributed by atoms with Gasteiger partial charge < -0.3 is 11.1 Å². The largest absolute Gasteiger partial charge is 0.394 e. The van der Waals surface area contributed by atoms with Crippen LogP contribution in [0, 0.1) is 5.92 Å². The molecule has 0 radical (unpaired) electrons. The normalized spacial score (nSPS) is 11.4. The minimum absolute atomic E-state index is 0.366.